The molecule has 0 rings (SSSR count). The number of nitrogens with zero attached hydrogens (tertiary/aromatic N) is 1. The molecule has 0 saturated carbocycles. The van der Waals surface area contributed by atoms with Gasteiger partial charge >= 0.3 is 11.9 Å². The molecule has 91 heavy (non-hydrogen) atoms. The minimum atomic E-state index is -1.63. The van der Waals surface area contributed by atoms with Gasteiger partial charge in [0.15, 0.2) is 12.4 Å². The van der Waals surface area contributed by atoms with E-state index in [0.717, 1.165) is 128 Å². The summed E-state index contributed by atoms with van der Waals surface area (Å²) in [5, 5.41) is 11.8. The monoisotopic (exact) mass is 1260 g/mol. The second kappa shape index (κ2) is 70.8. The van der Waals surface area contributed by atoms with Crippen LogP contribution in [0.2, 0.25) is 0 Å². The van der Waals surface area contributed by atoms with Gasteiger partial charge in [0.05, 0.1) is 40.3 Å². The third kappa shape index (κ3) is 72.2. The molecule has 0 spiro atoms. The van der Waals surface area contributed by atoms with E-state index < -0.39 is 24.3 Å². The largest absolute Gasteiger partial charge is 0.545 e. The smallest absolute Gasteiger partial charge is 0.306 e. The number of carboxylic acids is 1. The predicted octanol–water partition coefficient (Wildman–Crippen LogP) is 21.9. The molecule has 0 aromatic heterocycles. The standard InChI is InChI=1S/C82H135NO8/c1-6-8-10-12-14-16-18-20-22-24-26-28-30-32-34-36-38-39-40-41-43-45-47-49-51-53-55-57-59-61-63-65-67-69-71-73-80(85)91-78(77-90-82(81(86)87)88-75-74-83(3,4)5)76-89-79(84)72-70-68-66-64-62-60-58-56-54-52-50-48-46-44-42-37-35-33-31-29-27-25-23-21-19-17-15-13-11-9-7-2/h8-11,14-17,20-23,26-29,32,34,38-39,41,43,47,49,53,55,78,82H,6-7,12-13,18-19,24-25,30-31,33,35-37,40,42,44-46,48,50-52,54,56-77H2,1-5H3/b10-8-,11-9-,16-14-,17-15-,22-20-,23-21-,28-26-,29-27-,34-32-,39-38-,43-41-,49-47-,55-53-. The molecule has 0 aromatic rings. The number of likely N-dealkylation sites (N-methyl/N-ethyl adjacent to an activating group) is 1. The highest BCUT2D eigenvalue weighted by atomic mass is 16.7. The van der Waals surface area contributed by atoms with Crippen LogP contribution in [0.5, 0.6) is 0 Å². The van der Waals surface area contributed by atoms with Gasteiger partial charge in [-0.2, -0.15) is 0 Å². The number of hydrogen-bond donors (Lipinski definition) is 0. The number of carboxylic acid groups (broad SMARTS) is 1. The number of quaternary nitrogens is 1. The van der Waals surface area contributed by atoms with Crippen LogP contribution in [-0.4, -0.2) is 82.3 Å². The van der Waals surface area contributed by atoms with Crippen LogP contribution in [0.25, 0.3) is 0 Å². The fourth-order valence-corrected chi connectivity index (χ4v) is 9.76. The lowest BCUT2D eigenvalue weighted by molar-refractivity contribution is -0.870. The zero-order chi connectivity index (χ0) is 66.1. The molecule has 0 aliphatic rings. The Bertz CT molecular complexity index is 2060. The molecule has 516 valence electrons. The molecule has 0 radical (unpaired) electrons. The molecule has 0 aliphatic carbocycles. The number of unbranched alkanes of at least 4 members (excludes halogenated alkanes) is 25. The first-order valence-corrected chi connectivity index (χ1v) is 36.6. The molecule has 0 bridgehead atoms. The van der Waals surface area contributed by atoms with Gasteiger partial charge in [0.25, 0.3) is 0 Å². The Hall–Kier alpha value is -5.09. The molecule has 2 atom stereocenters. The topological polar surface area (TPSA) is 111 Å². The number of carbonyl (C=O) groups is 3. The Morgan fingerprint density at radius 1 is 0.330 bits per heavy atom. The lowest BCUT2D eigenvalue weighted by atomic mass is 10.0. The maximum atomic E-state index is 12.9. The van der Waals surface area contributed by atoms with Crippen LogP contribution in [0.4, 0.5) is 0 Å². The van der Waals surface area contributed by atoms with Crippen molar-refractivity contribution in [1.29, 1.82) is 0 Å². The molecular weight excluding hydrogens is 1130 g/mol. The molecule has 2 unspecified atom stereocenters. The van der Waals surface area contributed by atoms with Gasteiger partial charge in [0.2, 0.25) is 0 Å². The number of rotatable bonds is 66. The average Bonchev–Trinajstić information content (AvgIpc) is 3.46. The molecule has 0 aromatic carbocycles. The first-order chi connectivity index (χ1) is 44.6. The van der Waals surface area contributed by atoms with Crippen LogP contribution in [0.3, 0.4) is 0 Å². The van der Waals surface area contributed by atoms with Gasteiger partial charge in [-0.1, -0.05) is 307 Å². The third-order valence-corrected chi connectivity index (χ3v) is 15.3. The quantitative estimate of drug-likeness (QED) is 0.0195. The van der Waals surface area contributed by atoms with E-state index >= 15 is 0 Å². The highest BCUT2D eigenvalue weighted by molar-refractivity contribution is 5.70. The second-order valence-corrected chi connectivity index (χ2v) is 25.1. The minimum Gasteiger partial charge on any atom is -0.545 e. The van der Waals surface area contributed by atoms with Crippen LogP contribution >= 0.6 is 0 Å². The zero-order valence-electron chi connectivity index (χ0n) is 58.9. The van der Waals surface area contributed by atoms with Crippen molar-refractivity contribution in [3.63, 3.8) is 0 Å². The number of allylic oxidation sites excluding steroid dienone is 26. The Morgan fingerprint density at radius 2 is 0.593 bits per heavy atom. The summed E-state index contributed by atoms with van der Waals surface area (Å²) < 4.78 is 22.8. The van der Waals surface area contributed by atoms with Crippen molar-refractivity contribution >= 4 is 17.9 Å². The molecular formula is C82H135NO8. The molecule has 0 N–H and O–H groups in total. The first kappa shape index (κ1) is 85.9. The van der Waals surface area contributed by atoms with E-state index in [1.807, 2.05) is 21.1 Å². The fourth-order valence-electron chi connectivity index (χ4n) is 9.76. The molecule has 0 saturated heterocycles. The summed E-state index contributed by atoms with van der Waals surface area (Å²) in [5.41, 5.74) is 0. The van der Waals surface area contributed by atoms with Gasteiger partial charge in [0.1, 0.15) is 13.2 Å². The maximum Gasteiger partial charge on any atom is 0.306 e. The van der Waals surface area contributed by atoms with Crippen LogP contribution in [0, 0.1) is 0 Å². The highest BCUT2D eigenvalue weighted by Crippen LogP contribution is 2.17. The lowest BCUT2D eigenvalue weighted by Gasteiger charge is -2.26. The van der Waals surface area contributed by atoms with Crippen LogP contribution in [0.15, 0.2) is 158 Å². The Labute approximate surface area is 559 Å². The van der Waals surface area contributed by atoms with E-state index in [0.29, 0.717) is 17.4 Å². The fraction of sp³-hybridized carbons (Fsp3) is 0.646. The molecule has 9 nitrogen and oxygen atoms in total. The highest BCUT2D eigenvalue weighted by Gasteiger charge is 2.22. The summed E-state index contributed by atoms with van der Waals surface area (Å²) in [6.45, 7) is 4.51. The number of ether oxygens (including phenoxy) is 4. The molecule has 0 heterocycles. The Balaban J connectivity index is 4.16. The van der Waals surface area contributed by atoms with E-state index in [2.05, 4.69) is 172 Å². The zero-order valence-corrected chi connectivity index (χ0v) is 58.9. The number of aliphatic carboxylic acids is 1. The van der Waals surface area contributed by atoms with Crippen molar-refractivity contribution in [2.24, 2.45) is 0 Å². The van der Waals surface area contributed by atoms with Crippen molar-refractivity contribution in [3.8, 4) is 0 Å². The maximum absolute atomic E-state index is 12.9. The van der Waals surface area contributed by atoms with Crippen LogP contribution in [-0.2, 0) is 33.3 Å². The number of esters is 2. The van der Waals surface area contributed by atoms with E-state index in [9.17, 15) is 19.5 Å². The van der Waals surface area contributed by atoms with Gasteiger partial charge in [-0.05, 0) is 122 Å². The van der Waals surface area contributed by atoms with Gasteiger partial charge in [-0.25, -0.2) is 0 Å². The van der Waals surface area contributed by atoms with E-state index in [-0.39, 0.29) is 38.6 Å². The molecule has 0 fully saturated rings. The van der Waals surface area contributed by atoms with Crippen LogP contribution < -0.4 is 5.11 Å². The Kier molecular flexibility index (Phi) is 66.8. The van der Waals surface area contributed by atoms with Crippen molar-refractivity contribution in [3.05, 3.63) is 158 Å². The predicted molar refractivity (Wildman–Crippen MR) is 389 cm³/mol. The van der Waals surface area contributed by atoms with Gasteiger partial charge in [-0.3, -0.25) is 9.59 Å². The molecule has 9 heteroatoms. The summed E-state index contributed by atoms with van der Waals surface area (Å²) >= 11 is 0. The number of carbonyl (C=O) groups excluding carboxylic acids is 3. The first-order valence-electron chi connectivity index (χ1n) is 36.6. The molecule has 0 amide bonds. The van der Waals surface area contributed by atoms with Crippen molar-refractivity contribution in [1.82, 2.24) is 0 Å². The molecule has 0 aliphatic heterocycles. The van der Waals surface area contributed by atoms with Gasteiger partial charge < -0.3 is 33.3 Å². The second-order valence-electron chi connectivity index (χ2n) is 25.1. The normalized spacial score (nSPS) is 13.6. The Morgan fingerprint density at radius 3 is 0.879 bits per heavy atom. The lowest BCUT2D eigenvalue weighted by Crippen LogP contribution is -2.44. The van der Waals surface area contributed by atoms with Gasteiger partial charge in [0, 0.05) is 12.8 Å². The summed E-state index contributed by atoms with van der Waals surface area (Å²) in [6.07, 6.45) is 102. The van der Waals surface area contributed by atoms with Crippen molar-refractivity contribution in [2.75, 3.05) is 47.5 Å². The minimum absolute atomic E-state index is 0.138. The van der Waals surface area contributed by atoms with E-state index in [4.69, 9.17) is 18.9 Å². The summed E-state index contributed by atoms with van der Waals surface area (Å²) in [5.74, 6) is -2.30. The summed E-state index contributed by atoms with van der Waals surface area (Å²) in [7, 11) is 5.92. The summed E-state index contributed by atoms with van der Waals surface area (Å²) in [4.78, 5) is 37.5. The van der Waals surface area contributed by atoms with Crippen molar-refractivity contribution < 1.29 is 42.9 Å². The van der Waals surface area contributed by atoms with E-state index in [1.165, 1.54) is 122 Å². The SMILES string of the molecule is CC/C=C\C/C=C\C/C=C\C/C=C\C/C=C\C/C=C\C/C=C\C/C=C\C/C=C\CCCCCCCCCC(=O)OC(COC(=O)CCCCCCCCCCCCCCCCCCCC/C=C\C/C=C\C/C=C\C/C=C\CC)COC(OCC[N+](C)(C)C)C(=O)[O-]. The third-order valence-electron chi connectivity index (χ3n) is 15.3. The van der Waals surface area contributed by atoms with Gasteiger partial charge in [-0.15, -0.1) is 0 Å². The summed E-state index contributed by atoms with van der Waals surface area (Å²) in [6, 6.07) is 0. The number of hydrogen-bond acceptors (Lipinski definition) is 8. The van der Waals surface area contributed by atoms with E-state index in [1.54, 1.807) is 0 Å². The van der Waals surface area contributed by atoms with Crippen molar-refractivity contribution in [2.45, 2.75) is 296 Å². The average molecular weight is 1260 g/mol. The van der Waals surface area contributed by atoms with Crippen LogP contribution in [0.1, 0.15) is 284 Å².